The number of ether oxygens (including phenoxy) is 1. The van der Waals surface area contributed by atoms with Gasteiger partial charge in [0.1, 0.15) is 11.3 Å². The topological polar surface area (TPSA) is 57.0 Å². The average molecular weight is 574 g/mol. The first-order chi connectivity index (χ1) is 19.9. The van der Waals surface area contributed by atoms with E-state index in [1.54, 1.807) is 6.07 Å². The van der Waals surface area contributed by atoms with Gasteiger partial charge in [-0.2, -0.15) is 8.78 Å². The molecule has 0 amide bonds. The molecule has 6 rings (SSSR count). The fourth-order valence-electron chi connectivity index (χ4n) is 5.95. The fraction of sp³-hybridized carbons (Fsp3) is 0.424. The Bertz CT molecular complexity index is 1610. The van der Waals surface area contributed by atoms with Gasteiger partial charge in [-0.25, -0.2) is 4.98 Å². The maximum atomic E-state index is 13.3. The number of likely N-dealkylation sites (tertiary alicyclic amines) is 1. The van der Waals surface area contributed by atoms with Crippen LogP contribution >= 0.6 is 0 Å². The van der Waals surface area contributed by atoms with E-state index in [1.807, 2.05) is 31.2 Å². The van der Waals surface area contributed by atoms with Crippen molar-refractivity contribution in [2.75, 3.05) is 13.1 Å². The number of aromatic nitrogens is 1. The highest BCUT2D eigenvalue weighted by molar-refractivity contribution is 6.62. The summed E-state index contributed by atoms with van der Waals surface area (Å²) in [5.74, 6) is 0.568. The molecule has 0 saturated carbocycles. The molecule has 0 unspecified atom stereocenters. The van der Waals surface area contributed by atoms with Gasteiger partial charge in [-0.1, -0.05) is 30.3 Å². The van der Waals surface area contributed by atoms with Gasteiger partial charge >= 0.3 is 13.7 Å². The first kappa shape index (κ1) is 28.8. The lowest BCUT2D eigenvalue weighted by atomic mass is 9.74. The van der Waals surface area contributed by atoms with E-state index in [9.17, 15) is 8.78 Å². The third kappa shape index (κ3) is 5.23. The van der Waals surface area contributed by atoms with Gasteiger partial charge in [0.05, 0.1) is 11.2 Å². The summed E-state index contributed by atoms with van der Waals surface area (Å²) < 4.78 is 50.3. The smallest absolute Gasteiger partial charge is 0.436 e. The molecule has 3 aromatic carbocycles. The Balaban J connectivity index is 1.37. The van der Waals surface area contributed by atoms with E-state index in [2.05, 4.69) is 57.7 Å². The summed E-state index contributed by atoms with van der Waals surface area (Å²) in [5, 5.41) is 0. The summed E-state index contributed by atoms with van der Waals surface area (Å²) in [6.07, 6.45) is 2.21. The zero-order valence-electron chi connectivity index (χ0n) is 25.1. The van der Waals surface area contributed by atoms with E-state index in [0.717, 1.165) is 59.2 Å². The maximum Gasteiger partial charge on any atom is 0.495 e. The molecule has 2 fully saturated rings. The summed E-state index contributed by atoms with van der Waals surface area (Å²) in [5.41, 5.74) is 6.87. The summed E-state index contributed by atoms with van der Waals surface area (Å²) in [7, 11) is -0.463. The van der Waals surface area contributed by atoms with Crippen molar-refractivity contribution in [2.45, 2.75) is 78.7 Å². The molecule has 220 valence electrons. The van der Waals surface area contributed by atoms with E-state index in [1.165, 1.54) is 0 Å². The molecule has 4 aromatic rings. The van der Waals surface area contributed by atoms with Crippen LogP contribution in [0.15, 0.2) is 52.9 Å². The number of halogens is 2. The number of benzene rings is 3. The normalized spacial score (nSPS) is 18.5. The van der Waals surface area contributed by atoms with Crippen molar-refractivity contribution < 1.29 is 27.2 Å². The van der Waals surface area contributed by atoms with Crippen LogP contribution in [0.5, 0.6) is 5.75 Å². The number of hydrogen-bond acceptors (Lipinski definition) is 6. The van der Waals surface area contributed by atoms with Gasteiger partial charge in [-0.15, -0.1) is 0 Å². The number of hydrogen-bond donors (Lipinski definition) is 0. The molecule has 42 heavy (non-hydrogen) atoms. The Hall–Kier alpha value is -3.27. The molecule has 0 N–H and O–H groups in total. The third-order valence-corrected chi connectivity index (χ3v) is 9.12. The summed E-state index contributed by atoms with van der Waals surface area (Å²) in [6, 6.07) is 15.6. The van der Waals surface area contributed by atoms with Crippen LogP contribution in [0.2, 0.25) is 0 Å². The van der Waals surface area contributed by atoms with Crippen LogP contribution in [-0.4, -0.2) is 47.9 Å². The molecule has 0 bridgehead atoms. The molecular weight excluding hydrogens is 537 g/mol. The van der Waals surface area contributed by atoms with Gasteiger partial charge in [-0.3, -0.25) is 4.90 Å². The molecule has 0 atom stereocenters. The predicted molar refractivity (Wildman–Crippen MR) is 161 cm³/mol. The van der Waals surface area contributed by atoms with Gasteiger partial charge in [0.15, 0.2) is 5.58 Å². The minimum atomic E-state index is -2.92. The Labute approximate surface area is 246 Å². The summed E-state index contributed by atoms with van der Waals surface area (Å²) >= 11 is 0. The van der Waals surface area contributed by atoms with Crippen LogP contribution in [-0.2, 0) is 15.9 Å². The SMILES string of the molecule is Cc1c(B2OC(C)(C)C(C)(C)O2)cccc1-c1cccc(-c2nc3cc(CN4CCCC4)c(OC(F)F)cc3o2)c1C. The van der Waals surface area contributed by atoms with Gasteiger partial charge in [0, 0.05) is 23.7 Å². The van der Waals surface area contributed by atoms with E-state index >= 15 is 0 Å². The van der Waals surface area contributed by atoms with Gasteiger partial charge in [0.25, 0.3) is 0 Å². The maximum absolute atomic E-state index is 13.3. The molecule has 6 nitrogen and oxygen atoms in total. The monoisotopic (exact) mass is 574 g/mol. The molecule has 1 aromatic heterocycles. The lowest BCUT2D eigenvalue weighted by molar-refractivity contribution is -0.0506. The number of rotatable bonds is 7. The largest absolute Gasteiger partial charge is 0.495 e. The Morgan fingerprint density at radius 2 is 1.52 bits per heavy atom. The summed E-state index contributed by atoms with van der Waals surface area (Å²) in [4.78, 5) is 7.04. The number of nitrogens with zero attached hydrogens (tertiary/aromatic N) is 2. The molecule has 0 spiro atoms. The van der Waals surface area contributed by atoms with Crippen molar-refractivity contribution in [1.29, 1.82) is 0 Å². The molecule has 9 heteroatoms. The summed E-state index contributed by atoms with van der Waals surface area (Å²) in [6.45, 7) is 11.9. The average Bonchev–Trinajstić information content (AvgIpc) is 3.62. The molecule has 2 aliphatic heterocycles. The Morgan fingerprint density at radius 1 is 0.905 bits per heavy atom. The van der Waals surface area contributed by atoms with Crippen molar-refractivity contribution in [3.8, 4) is 28.3 Å². The predicted octanol–water partition coefficient (Wildman–Crippen LogP) is 7.28. The van der Waals surface area contributed by atoms with Crippen molar-refractivity contribution in [3.05, 3.63) is 65.2 Å². The fourth-order valence-corrected chi connectivity index (χ4v) is 5.95. The van der Waals surface area contributed by atoms with E-state index in [4.69, 9.17) is 23.4 Å². The second-order valence-corrected chi connectivity index (χ2v) is 12.4. The quantitative estimate of drug-likeness (QED) is 0.217. The lowest BCUT2D eigenvalue weighted by Gasteiger charge is -2.32. The Kier molecular flexibility index (Phi) is 7.40. The van der Waals surface area contributed by atoms with E-state index in [-0.39, 0.29) is 5.75 Å². The third-order valence-electron chi connectivity index (χ3n) is 9.12. The second-order valence-electron chi connectivity index (χ2n) is 12.4. The van der Waals surface area contributed by atoms with E-state index in [0.29, 0.717) is 29.1 Å². The highest BCUT2D eigenvalue weighted by Gasteiger charge is 2.52. The van der Waals surface area contributed by atoms with Crippen LogP contribution < -0.4 is 10.2 Å². The second kappa shape index (κ2) is 10.8. The molecule has 2 saturated heterocycles. The van der Waals surface area contributed by atoms with Gasteiger partial charge in [-0.05, 0) is 107 Å². The van der Waals surface area contributed by atoms with Crippen molar-refractivity contribution >= 4 is 23.7 Å². The van der Waals surface area contributed by atoms with Crippen LogP contribution in [0, 0.1) is 13.8 Å². The Morgan fingerprint density at radius 3 is 2.19 bits per heavy atom. The first-order valence-corrected chi connectivity index (χ1v) is 14.6. The number of alkyl halides is 2. The highest BCUT2D eigenvalue weighted by Crippen LogP contribution is 2.39. The molecule has 3 heterocycles. The minimum absolute atomic E-state index is 0.132. The zero-order chi connectivity index (χ0) is 29.8. The standard InChI is InChI=1S/C33H37BF2N2O4/c1-20-23(24-12-10-14-26(21(24)2)34-41-32(3,4)33(5,6)42-34)11-9-13-25(20)30-37-27-17-22(19-38-15-7-8-16-38)28(40-31(35)36)18-29(27)39-30/h9-14,17-18,31H,7-8,15-16,19H2,1-6H3. The van der Waals surface area contributed by atoms with Crippen LogP contribution in [0.25, 0.3) is 33.7 Å². The molecule has 0 aliphatic carbocycles. The minimum Gasteiger partial charge on any atom is -0.436 e. The van der Waals surface area contributed by atoms with Crippen molar-refractivity contribution in [1.82, 2.24) is 9.88 Å². The van der Waals surface area contributed by atoms with Crippen LogP contribution in [0.4, 0.5) is 8.78 Å². The molecule has 2 aliphatic rings. The number of oxazole rings is 1. The van der Waals surface area contributed by atoms with E-state index < -0.39 is 24.9 Å². The van der Waals surface area contributed by atoms with Crippen LogP contribution in [0.1, 0.15) is 57.2 Å². The first-order valence-electron chi connectivity index (χ1n) is 14.6. The van der Waals surface area contributed by atoms with Gasteiger partial charge in [0.2, 0.25) is 5.89 Å². The highest BCUT2D eigenvalue weighted by atomic mass is 19.3. The zero-order valence-corrected chi connectivity index (χ0v) is 25.1. The molecular formula is C33H37BF2N2O4. The molecule has 0 radical (unpaired) electrons. The van der Waals surface area contributed by atoms with Gasteiger partial charge < -0.3 is 18.5 Å². The lowest BCUT2D eigenvalue weighted by Crippen LogP contribution is -2.41. The van der Waals surface area contributed by atoms with Crippen molar-refractivity contribution in [3.63, 3.8) is 0 Å². The number of fused-ring (bicyclic) bond motifs is 1. The van der Waals surface area contributed by atoms with Crippen molar-refractivity contribution in [2.24, 2.45) is 0 Å². The van der Waals surface area contributed by atoms with Crippen LogP contribution in [0.3, 0.4) is 0 Å².